The number of ether oxygens (including phenoxy) is 1. The average Bonchev–Trinajstić information content (AvgIpc) is 2.89. The molecular formula is C32H32ClNO. The molecule has 0 aliphatic carbocycles. The van der Waals surface area contributed by atoms with E-state index >= 15 is 0 Å². The van der Waals surface area contributed by atoms with Gasteiger partial charge in [0.2, 0.25) is 0 Å². The molecule has 0 N–H and O–H groups in total. The lowest BCUT2D eigenvalue weighted by molar-refractivity contribution is 0.262. The highest BCUT2D eigenvalue weighted by atomic mass is 35.5. The van der Waals surface area contributed by atoms with Crippen LogP contribution >= 0.6 is 11.6 Å². The van der Waals surface area contributed by atoms with Gasteiger partial charge in [-0.1, -0.05) is 97.4 Å². The lowest BCUT2D eigenvalue weighted by Crippen LogP contribution is -2.19. The largest absolute Gasteiger partial charge is 0.492 e. The van der Waals surface area contributed by atoms with E-state index in [2.05, 4.69) is 117 Å². The summed E-state index contributed by atoms with van der Waals surface area (Å²) >= 11 is 6.20. The molecule has 0 spiro atoms. The fraction of sp³-hybridized carbons (Fsp3) is 0.188. The Bertz CT molecular complexity index is 1260. The molecule has 0 aromatic heterocycles. The second-order valence-electron chi connectivity index (χ2n) is 8.81. The van der Waals surface area contributed by atoms with Crippen molar-refractivity contribution >= 4 is 22.7 Å². The van der Waals surface area contributed by atoms with Gasteiger partial charge >= 0.3 is 0 Å². The first kappa shape index (κ1) is 24.8. The van der Waals surface area contributed by atoms with E-state index in [9.17, 15) is 0 Å². The summed E-state index contributed by atoms with van der Waals surface area (Å²) in [5.41, 5.74) is 8.33. The van der Waals surface area contributed by atoms with Gasteiger partial charge in [0.1, 0.15) is 12.4 Å². The standard InChI is InChI=1S/C32H32ClNO/c1-4-29(24-11-7-5-8-12-24)32(26-13-9-6-10-14-26)27-17-20-31(35-22-21-34(2)3)30(23-27)25-15-18-28(33)19-16-25/h5-20,23H,4,21-22H2,1-3H3/b32-29-. The zero-order chi connectivity index (χ0) is 24.6. The summed E-state index contributed by atoms with van der Waals surface area (Å²) in [4.78, 5) is 2.12. The molecule has 0 aliphatic rings. The topological polar surface area (TPSA) is 12.5 Å². The maximum absolute atomic E-state index is 6.25. The third kappa shape index (κ3) is 6.22. The van der Waals surface area contributed by atoms with Gasteiger partial charge in [-0.25, -0.2) is 0 Å². The molecule has 0 aliphatic heterocycles. The van der Waals surface area contributed by atoms with E-state index in [1.165, 1.54) is 27.8 Å². The fourth-order valence-electron chi connectivity index (χ4n) is 4.29. The molecule has 35 heavy (non-hydrogen) atoms. The van der Waals surface area contributed by atoms with E-state index in [0.717, 1.165) is 34.9 Å². The van der Waals surface area contributed by atoms with Crippen molar-refractivity contribution in [2.45, 2.75) is 13.3 Å². The predicted molar refractivity (Wildman–Crippen MR) is 150 cm³/mol. The summed E-state index contributed by atoms with van der Waals surface area (Å²) in [6.45, 7) is 3.70. The molecule has 4 aromatic rings. The smallest absolute Gasteiger partial charge is 0.127 e. The van der Waals surface area contributed by atoms with Crippen LogP contribution in [0.4, 0.5) is 0 Å². The van der Waals surface area contributed by atoms with Crippen LogP contribution in [0.3, 0.4) is 0 Å². The molecule has 178 valence electrons. The number of halogens is 1. The third-order valence-corrected chi connectivity index (χ3v) is 6.31. The van der Waals surface area contributed by atoms with Crippen LogP contribution in [-0.2, 0) is 0 Å². The molecule has 0 heterocycles. The Morgan fingerprint density at radius 1 is 0.743 bits per heavy atom. The predicted octanol–water partition coefficient (Wildman–Crippen LogP) is 8.32. The quantitative estimate of drug-likeness (QED) is 0.223. The van der Waals surface area contributed by atoms with Crippen LogP contribution in [0.1, 0.15) is 30.0 Å². The molecule has 4 aromatic carbocycles. The minimum absolute atomic E-state index is 0.624. The first-order valence-electron chi connectivity index (χ1n) is 12.1. The van der Waals surface area contributed by atoms with Gasteiger partial charge in [-0.05, 0) is 78.2 Å². The van der Waals surface area contributed by atoms with Crippen LogP contribution in [0.2, 0.25) is 5.02 Å². The van der Waals surface area contributed by atoms with Gasteiger partial charge in [-0.2, -0.15) is 0 Å². The molecule has 3 heteroatoms. The van der Waals surface area contributed by atoms with Crippen LogP contribution < -0.4 is 4.74 Å². The van der Waals surface area contributed by atoms with E-state index in [0.29, 0.717) is 6.61 Å². The number of likely N-dealkylation sites (N-methyl/N-ethyl adjacent to an activating group) is 1. The molecule has 0 fully saturated rings. The van der Waals surface area contributed by atoms with Crippen LogP contribution in [0.25, 0.3) is 22.3 Å². The van der Waals surface area contributed by atoms with Gasteiger partial charge in [0.05, 0.1) is 0 Å². The second kappa shape index (κ2) is 11.9. The molecule has 0 saturated carbocycles. The minimum atomic E-state index is 0.624. The summed E-state index contributed by atoms with van der Waals surface area (Å²) < 4.78 is 6.25. The van der Waals surface area contributed by atoms with Crippen molar-refractivity contribution in [3.8, 4) is 16.9 Å². The van der Waals surface area contributed by atoms with E-state index in [-0.39, 0.29) is 0 Å². The second-order valence-corrected chi connectivity index (χ2v) is 9.25. The first-order chi connectivity index (χ1) is 17.1. The maximum atomic E-state index is 6.25. The molecule has 0 unspecified atom stereocenters. The van der Waals surface area contributed by atoms with Crippen molar-refractivity contribution in [1.82, 2.24) is 4.90 Å². The Kier molecular flexibility index (Phi) is 8.41. The summed E-state index contributed by atoms with van der Waals surface area (Å²) in [7, 11) is 4.11. The SMILES string of the molecule is CC/C(=C(\c1ccccc1)c1ccc(OCCN(C)C)c(-c2ccc(Cl)cc2)c1)c1ccccc1. The number of rotatable bonds is 9. The number of hydrogen-bond donors (Lipinski definition) is 0. The maximum Gasteiger partial charge on any atom is 0.127 e. The highest BCUT2D eigenvalue weighted by Gasteiger charge is 2.16. The molecule has 0 saturated heterocycles. The van der Waals surface area contributed by atoms with Crippen LogP contribution in [-0.4, -0.2) is 32.1 Å². The normalized spacial score (nSPS) is 11.9. The Balaban J connectivity index is 1.90. The van der Waals surface area contributed by atoms with Crippen molar-refractivity contribution in [3.05, 3.63) is 125 Å². The summed E-state index contributed by atoms with van der Waals surface area (Å²) in [6, 6.07) is 35.9. The Hall–Kier alpha value is -3.33. The van der Waals surface area contributed by atoms with Gasteiger partial charge < -0.3 is 9.64 Å². The van der Waals surface area contributed by atoms with Gasteiger partial charge in [0.15, 0.2) is 0 Å². The van der Waals surface area contributed by atoms with Gasteiger partial charge in [0.25, 0.3) is 0 Å². The lowest BCUT2D eigenvalue weighted by Gasteiger charge is -2.19. The Morgan fingerprint density at radius 2 is 1.37 bits per heavy atom. The molecular weight excluding hydrogens is 450 g/mol. The molecule has 0 amide bonds. The first-order valence-corrected chi connectivity index (χ1v) is 12.5. The molecule has 2 nitrogen and oxygen atoms in total. The summed E-state index contributed by atoms with van der Waals surface area (Å²) in [5.74, 6) is 0.878. The molecule has 0 radical (unpaired) electrons. The van der Waals surface area contributed by atoms with Crippen LogP contribution in [0.5, 0.6) is 5.75 Å². The summed E-state index contributed by atoms with van der Waals surface area (Å²) in [6.07, 6.45) is 0.922. The molecule has 0 bridgehead atoms. The number of nitrogens with zero attached hydrogens (tertiary/aromatic N) is 1. The fourth-order valence-corrected chi connectivity index (χ4v) is 4.42. The number of hydrogen-bond acceptors (Lipinski definition) is 2. The van der Waals surface area contributed by atoms with E-state index in [1.54, 1.807) is 0 Å². The van der Waals surface area contributed by atoms with Crippen molar-refractivity contribution in [3.63, 3.8) is 0 Å². The molecule has 0 atom stereocenters. The molecule has 4 rings (SSSR count). The van der Waals surface area contributed by atoms with Crippen LogP contribution in [0, 0.1) is 0 Å². The van der Waals surface area contributed by atoms with E-state index in [1.807, 2.05) is 12.1 Å². The zero-order valence-corrected chi connectivity index (χ0v) is 21.4. The van der Waals surface area contributed by atoms with Gasteiger partial charge in [0, 0.05) is 17.1 Å². The van der Waals surface area contributed by atoms with Crippen LogP contribution in [0.15, 0.2) is 103 Å². The third-order valence-electron chi connectivity index (χ3n) is 6.06. The van der Waals surface area contributed by atoms with Crippen molar-refractivity contribution in [2.24, 2.45) is 0 Å². The highest BCUT2D eigenvalue weighted by molar-refractivity contribution is 6.30. The lowest BCUT2D eigenvalue weighted by atomic mass is 9.87. The number of benzene rings is 4. The monoisotopic (exact) mass is 481 g/mol. The Morgan fingerprint density at radius 3 is 1.97 bits per heavy atom. The summed E-state index contributed by atoms with van der Waals surface area (Å²) in [5, 5.41) is 0.724. The van der Waals surface area contributed by atoms with Crippen molar-refractivity contribution in [2.75, 3.05) is 27.2 Å². The minimum Gasteiger partial charge on any atom is -0.492 e. The van der Waals surface area contributed by atoms with Gasteiger partial charge in [-0.3, -0.25) is 0 Å². The van der Waals surface area contributed by atoms with Crippen molar-refractivity contribution < 1.29 is 4.74 Å². The van der Waals surface area contributed by atoms with E-state index in [4.69, 9.17) is 16.3 Å². The van der Waals surface area contributed by atoms with Crippen molar-refractivity contribution in [1.29, 1.82) is 0 Å². The van der Waals surface area contributed by atoms with Gasteiger partial charge in [-0.15, -0.1) is 0 Å². The average molecular weight is 482 g/mol. The zero-order valence-electron chi connectivity index (χ0n) is 20.7. The Labute approximate surface area is 214 Å². The highest BCUT2D eigenvalue weighted by Crippen LogP contribution is 2.39. The van der Waals surface area contributed by atoms with E-state index < -0.39 is 0 Å². The number of allylic oxidation sites excluding steroid dienone is 1.